The SMILES string of the molecule is NC(=O)c1ccccc1OCc1cc(=O)n2ccccc2n1. The van der Waals surface area contributed by atoms with Gasteiger partial charge in [0.25, 0.3) is 11.5 Å². The molecule has 1 amide bonds. The van der Waals surface area contributed by atoms with Crippen LogP contribution in [0.2, 0.25) is 0 Å². The molecular formula is C16H13N3O3. The summed E-state index contributed by atoms with van der Waals surface area (Å²) in [5, 5.41) is 0. The molecule has 1 aromatic carbocycles. The van der Waals surface area contributed by atoms with Crippen molar-refractivity contribution in [3.63, 3.8) is 0 Å². The number of fused-ring (bicyclic) bond motifs is 1. The van der Waals surface area contributed by atoms with Crippen LogP contribution in [0.25, 0.3) is 5.65 Å². The van der Waals surface area contributed by atoms with Crippen LogP contribution in [0.5, 0.6) is 5.75 Å². The molecule has 0 saturated heterocycles. The molecule has 22 heavy (non-hydrogen) atoms. The van der Waals surface area contributed by atoms with Gasteiger partial charge in [0.15, 0.2) is 0 Å². The number of rotatable bonds is 4. The van der Waals surface area contributed by atoms with Crippen LogP contribution in [0.15, 0.2) is 59.5 Å². The van der Waals surface area contributed by atoms with Gasteiger partial charge in [-0.2, -0.15) is 0 Å². The van der Waals surface area contributed by atoms with Crippen molar-refractivity contribution in [2.45, 2.75) is 6.61 Å². The zero-order valence-electron chi connectivity index (χ0n) is 11.6. The van der Waals surface area contributed by atoms with Crippen molar-refractivity contribution in [1.82, 2.24) is 9.38 Å². The number of benzene rings is 1. The highest BCUT2D eigenvalue weighted by Crippen LogP contribution is 2.18. The first-order valence-corrected chi connectivity index (χ1v) is 6.64. The van der Waals surface area contributed by atoms with E-state index in [0.717, 1.165) is 0 Å². The van der Waals surface area contributed by atoms with E-state index in [-0.39, 0.29) is 12.2 Å². The molecular weight excluding hydrogens is 282 g/mol. The second-order valence-corrected chi connectivity index (χ2v) is 4.66. The van der Waals surface area contributed by atoms with E-state index in [1.165, 1.54) is 10.5 Å². The van der Waals surface area contributed by atoms with E-state index in [1.54, 1.807) is 48.7 Å². The summed E-state index contributed by atoms with van der Waals surface area (Å²) >= 11 is 0. The van der Waals surface area contributed by atoms with Crippen LogP contribution in [0.3, 0.4) is 0 Å². The summed E-state index contributed by atoms with van der Waals surface area (Å²) in [6.07, 6.45) is 1.65. The Labute approximate surface area is 125 Å². The van der Waals surface area contributed by atoms with Crippen LogP contribution >= 0.6 is 0 Å². The van der Waals surface area contributed by atoms with Crippen LogP contribution in [0.4, 0.5) is 0 Å². The summed E-state index contributed by atoms with van der Waals surface area (Å²) in [6, 6.07) is 13.4. The van der Waals surface area contributed by atoms with Gasteiger partial charge in [0.2, 0.25) is 0 Å². The topological polar surface area (TPSA) is 86.7 Å². The Morgan fingerprint density at radius 1 is 1.18 bits per heavy atom. The molecule has 0 aliphatic heterocycles. The van der Waals surface area contributed by atoms with Crippen molar-refractivity contribution in [2.75, 3.05) is 0 Å². The van der Waals surface area contributed by atoms with E-state index in [1.807, 2.05) is 0 Å². The molecule has 0 unspecified atom stereocenters. The quantitative estimate of drug-likeness (QED) is 0.787. The molecule has 2 N–H and O–H groups in total. The molecule has 0 fully saturated rings. The van der Waals surface area contributed by atoms with Crippen LogP contribution < -0.4 is 16.0 Å². The predicted octanol–water partition coefficient (Wildman–Crippen LogP) is 1.37. The highest BCUT2D eigenvalue weighted by molar-refractivity contribution is 5.95. The van der Waals surface area contributed by atoms with Crippen molar-refractivity contribution in [3.8, 4) is 5.75 Å². The fourth-order valence-corrected chi connectivity index (χ4v) is 2.12. The second-order valence-electron chi connectivity index (χ2n) is 4.66. The fraction of sp³-hybridized carbons (Fsp3) is 0.0625. The number of para-hydroxylation sites is 1. The third kappa shape index (κ3) is 2.67. The van der Waals surface area contributed by atoms with Crippen LogP contribution in [0.1, 0.15) is 16.1 Å². The minimum absolute atomic E-state index is 0.0743. The second kappa shape index (κ2) is 5.69. The van der Waals surface area contributed by atoms with Gasteiger partial charge in [-0.15, -0.1) is 0 Å². The Bertz CT molecular complexity index is 902. The molecule has 0 bridgehead atoms. The molecule has 6 nitrogen and oxygen atoms in total. The normalized spacial score (nSPS) is 10.5. The largest absolute Gasteiger partial charge is 0.486 e. The summed E-state index contributed by atoms with van der Waals surface area (Å²) < 4.78 is 7.02. The molecule has 0 spiro atoms. The fourth-order valence-electron chi connectivity index (χ4n) is 2.12. The zero-order valence-corrected chi connectivity index (χ0v) is 11.6. The number of ether oxygens (including phenoxy) is 1. The van der Waals surface area contributed by atoms with Gasteiger partial charge in [0.1, 0.15) is 18.0 Å². The number of amides is 1. The highest BCUT2D eigenvalue weighted by atomic mass is 16.5. The van der Waals surface area contributed by atoms with Crippen LogP contribution in [-0.4, -0.2) is 15.3 Å². The maximum atomic E-state index is 12.0. The van der Waals surface area contributed by atoms with Crippen molar-refractivity contribution in [2.24, 2.45) is 5.73 Å². The Morgan fingerprint density at radius 2 is 1.95 bits per heavy atom. The van der Waals surface area contributed by atoms with E-state index in [4.69, 9.17) is 10.5 Å². The molecule has 0 aliphatic rings. The number of hydrogen-bond acceptors (Lipinski definition) is 4. The predicted molar refractivity (Wildman–Crippen MR) is 80.8 cm³/mol. The van der Waals surface area contributed by atoms with Gasteiger partial charge in [-0.25, -0.2) is 4.98 Å². The Morgan fingerprint density at radius 3 is 2.77 bits per heavy atom. The van der Waals surface area contributed by atoms with E-state index >= 15 is 0 Å². The van der Waals surface area contributed by atoms with Gasteiger partial charge in [-0.05, 0) is 24.3 Å². The Balaban J connectivity index is 1.89. The maximum absolute atomic E-state index is 12.0. The third-order valence-corrected chi connectivity index (χ3v) is 3.15. The van der Waals surface area contributed by atoms with Gasteiger partial charge in [-0.1, -0.05) is 18.2 Å². The summed E-state index contributed by atoms with van der Waals surface area (Å²) in [5.74, 6) is -0.202. The van der Waals surface area contributed by atoms with Crippen molar-refractivity contribution >= 4 is 11.6 Å². The van der Waals surface area contributed by atoms with Gasteiger partial charge < -0.3 is 10.5 Å². The Hall–Kier alpha value is -3.15. The molecule has 2 heterocycles. The number of carbonyl (C=O) groups excluding carboxylic acids is 1. The first-order valence-electron chi connectivity index (χ1n) is 6.64. The van der Waals surface area contributed by atoms with Gasteiger partial charge in [0.05, 0.1) is 11.3 Å². The standard InChI is InChI=1S/C16H13N3O3/c17-16(21)12-5-1-2-6-13(12)22-10-11-9-15(20)19-8-4-3-7-14(19)18-11/h1-9H,10H2,(H2,17,21). The number of aromatic nitrogens is 2. The molecule has 3 rings (SSSR count). The van der Waals surface area contributed by atoms with Crippen LogP contribution in [0, 0.1) is 0 Å². The van der Waals surface area contributed by atoms with Gasteiger partial charge in [0, 0.05) is 12.3 Å². The molecule has 3 aromatic rings. The number of nitrogens with zero attached hydrogens (tertiary/aromatic N) is 2. The molecule has 0 saturated carbocycles. The number of pyridine rings is 1. The van der Waals surface area contributed by atoms with Crippen molar-refractivity contribution in [1.29, 1.82) is 0 Å². The maximum Gasteiger partial charge on any atom is 0.258 e. The van der Waals surface area contributed by atoms with Gasteiger partial charge >= 0.3 is 0 Å². The number of carbonyl (C=O) groups is 1. The lowest BCUT2D eigenvalue weighted by Gasteiger charge is -2.09. The van der Waals surface area contributed by atoms with E-state index < -0.39 is 5.91 Å². The third-order valence-electron chi connectivity index (χ3n) is 3.15. The first kappa shape index (κ1) is 13.8. The molecule has 110 valence electrons. The Kier molecular flexibility index (Phi) is 3.57. The lowest BCUT2D eigenvalue weighted by Crippen LogP contribution is -2.17. The lowest BCUT2D eigenvalue weighted by atomic mass is 10.2. The number of nitrogens with two attached hydrogens (primary N) is 1. The minimum Gasteiger partial charge on any atom is -0.486 e. The summed E-state index contributed by atoms with van der Waals surface area (Å²) in [5.41, 5.74) is 6.42. The molecule has 2 aromatic heterocycles. The van der Waals surface area contributed by atoms with E-state index in [9.17, 15) is 9.59 Å². The van der Waals surface area contributed by atoms with Crippen molar-refractivity contribution in [3.05, 3.63) is 76.3 Å². The van der Waals surface area contributed by atoms with Gasteiger partial charge in [-0.3, -0.25) is 14.0 Å². The monoisotopic (exact) mass is 295 g/mol. The van der Waals surface area contributed by atoms with E-state index in [2.05, 4.69) is 4.98 Å². The molecule has 6 heteroatoms. The zero-order chi connectivity index (χ0) is 15.5. The van der Waals surface area contributed by atoms with Crippen LogP contribution in [-0.2, 0) is 6.61 Å². The highest BCUT2D eigenvalue weighted by Gasteiger charge is 2.09. The molecule has 0 aliphatic carbocycles. The molecule has 0 radical (unpaired) electrons. The average molecular weight is 295 g/mol. The minimum atomic E-state index is -0.567. The first-order chi connectivity index (χ1) is 10.6. The smallest absolute Gasteiger partial charge is 0.258 e. The van der Waals surface area contributed by atoms with Crippen molar-refractivity contribution < 1.29 is 9.53 Å². The van der Waals surface area contributed by atoms with E-state index in [0.29, 0.717) is 22.7 Å². The number of primary amides is 1. The number of hydrogen-bond donors (Lipinski definition) is 1. The summed E-state index contributed by atoms with van der Waals surface area (Å²) in [6.45, 7) is 0.0743. The summed E-state index contributed by atoms with van der Waals surface area (Å²) in [7, 11) is 0. The summed E-state index contributed by atoms with van der Waals surface area (Å²) in [4.78, 5) is 27.7. The molecule has 0 atom stereocenters. The average Bonchev–Trinajstić information content (AvgIpc) is 2.53. The lowest BCUT2D eigenvalue weighted by molar-refractivity contribution is 0.0996.